The van der Waals surface area contributed by atoms with E-state index in [9.17, 15) is 0 Å². The first kappa shape index (κ1) is 15.8. The highest BCUT2D eigenvalue weighted by molar-refractivity contribution is 9.10. The van der Waals surface area contributed by atoms with Crippen LogP contribution in [0.2, 0.25) is 0 Å². The summed E-state index contributed by atoms with van der Waals surface area (Å²) in [6, 6.07) is 6.86. The second-order valence-electron chi connectivity index (χ2n) is 5.58. The van der Waals surface area contributed by atoms with Gasteiger partial charge >= 0.3 is 0 Å². The van der Waals surface area contributed by atoms with Crippen LogP contribution in [0.1, 0.15) is 25.8 Å². The lowest BCUT2D eigenvalue weighted by molar-refractivity contribution is 0.108. The van der Waals surface area contributed by atoms with Crippen molar-refractivity contribution in [3.05, 3.63) is 28.2 Å². The third kappa shape index (κ3) is 3.74. The molecule has 3 nitrogen and oxygen atoms in total. The van der Waals surface area contributed by atoms with Crippen LogP contribution in [0.15, 0.2) is 22.7 Å². The van der Waals surface area contributed by atoms with Crippen molar-refractivity contribution in [2.24, 2.45) is 5.92 Å². The number of nitrogens with one attached hydrogen (secondary N) is 1. The van der Waals surface area contributed by atoms with Crippen molar-refractivity contribution in [1.29, 1.82) is 0 Å². The van der Waals surface area contributed by atoms with Gasteiger partial charge in [0.25, 0.3) is 0 Å². The number of hydrogen-bond acceptors (Lipinski definition) is 3. The summed E-state index contributed by atoms with van der Waals surface area (Å²) in [5.74, 6) is 1.69. The first-order valence-electron chi connectivity index (χ1n) is 7.42. The van der Waals surface area contributed by atoms with E-state index in [4.69, 9.17) is 4.74 Å². The van der Waals surface area contributed by atoms with Crippen LogP contribution in [0.3, 0.4) is 0 Å². The van der Waals surface area contributed by atoms with Gasteiger partial charge in [0.15, 0.2) is 0 Å². The standard InChI is InChI=1S/C16H25BrN2O/c1-4-12(2)15-10-18-7-8-19(15)11-13-9-14(17)5-6-16(13)20-3/h5-6,9,12,15,18H,4,7-8,10-11H2,1-3H3. The van der Waals surface area contributed by atoms with E-state index in [1.807, 2.05) is 12.1 Å². The summed E-state index contributed by atoms with van der Waals surface area (Å²) in [4.78, 5) is 2.59. The first-order valence-corrected chi connectivity index (χ1v) is 8.22. The number of ether oxygens (including phenoxy) is 1. The molecule has 0 bridgehead atoms. The maximum absolute atomic E-state index is 5.50. The van der Waals surface area contributed by atoms with E-state index in [1.54, 1.807) is 7.11 Å². The van der Waals surface area contributed by atoms with Crippen LogP contribution < -0.4 is 10.1 Å². The Morgan fingerprint density at radius 3 is 3.00 bits per heavy atom. The average Bonchev–Trinajstić information content (AvgIpc) is 2.47. The first-order chi connectivity index (χ1) is 9.65. The Labute approximate surface area is 130 Å². The lowest BCUT2D eigenvalue weighted by atomic mass is 9.95. The van der Waals surface area contributed by atoms with Crippen molar-refractivity contribution in [1.82, 2.24) is 10.2 Å². The largest absolute Gasteiger partial charge is 0.496 e. The smallest absolute Gasteiger partial charge is 0.123 e. The van der Waals surface area contributed by atoms with E-state index in [0.29, 0.717) is 12.0 Å². The molecule has 0 amide bonds. The molecule has 1 aliphatic heterocycles. The molecule has 2 unspecified atom stereocenters. The van der Waals surface area contributed by atoms with Crippen molar-refractivity contribution >= 4 is 15.9 Å². The molecule has 1 aromatic rings. The van der Waals surface area contributed by atoms with Gasteiger partial charge in [-0.2, -0.15) is 0 Å². The number of hydrogen-bond donors (Lipinski definition) is 1. The number of piperazine rings is 1. The SMILES string of the molecule is CCC(C)C1CNCCN1Cc1cc(Br)ccc1OC. The van der Waals surface area contributed by atoms with Crippen LogP contribution in [0, 0.1) is 5.92 Å². The molecular formula is C16H25BrN2O. The van der Waals surface area contributed by atoms with E-state index in [2.05, 4.69) is 46.1 Å². The molecular weight excluding hydrogens is 316 g/mol. The maximum atomic E-state index is 5.50. The van der Waals surface area contributed by atoms with Crippen LogP contribution in [-0.4, -0.2) is 37.7 Å². The molecule has 1 aromatic carbocycles. The monoisotopic (exact) mass is 340 g/mol. The minimum Gasteiger partial charge on any atom is -0.496 e. The van der Waals surface area contributed by atoms with E-state index in [1.165, 1.54) is 12.0 Å². The van der Waals surface area contributed by atoms with E-state index >= 15 is 0 Å². The van der Waals surface area contributed by atoms with Gasteiger partial charge in [-0.05, 0) is 24.1 Å². The quantitative estimate of drug-likeness (QED) is 0.890. The summed E-state index contributed by atoms with van der Waals surface area (Å²) in [5, 5.41) is 3.52. The van der Waals surface area contributed by atoms with Gasteiger partial charge in [-0.1, -0.05) is 36.2 Å². The Morgan fingerprint density at radius 2 is 2.30 bits per heavy atom. The Hall–Kier alpha value is -0.580. The highest BCUT2D eigenvalue weighted by atomic mass is 79.9. The third-order valence-electron chi connectivity index (χ3n) is 4.31. The van der Waals surface area contributed by atoms with Gasteiger partial charge in [0, 0.05) is 42.3 Å². The Bertz CT molecular complexity index is 438. The van der Waals surface area contributed by atoms with Gasteiger partial charge in [-0.25, -0.2) is 0 Å². The number of rotatable bonds is 5. The average molecular weight is 341 g/mol. The van der Waals surface area contributed by atoms with E-state index < -0.39 is 0 Å². The van der Waals surface area contributed by atoms with Gasteiger partial charge < -0.3 is 10.1 Å². The summed E-state index contributed by atoms with van der Waals surface area (Å²) < 4.78 is 6.62. The van der Waals surface area contributed by atoms with Gasteiger partial charge in [0.2, 0.25) is 0 Å². The zero-order chi connectivity index (χ0) is 14.5. The van der Waals surface area contributed by atoms with Crippen LogP contribution in [0.4, 0.5) is 0 Å². The molecule has 1 aliphatic rings. The fourth-order valence-electron chi connectivity index (χ4n) is 2.89. The summed E-state index contributed by atoms with van der Waals surface area (Å²) in [6.45, 7) is 8.85. The predicted octanol–water partition coefficient (Wildman–Crippen LogP) is 3.28. The second-order valence-corrected chi connectivity index (χ2v) is 6.50. The third-order valence-corrected chi connectivity index (χ3v) is 4.81. The topological polar surface area (TPSA) is 24.5 Å². The van der Waals surface area contributed by atoms with E-state index in [-0.39, 0.29) is 0 Å². The molecule has 4 heteroatoms. The summed E-state index contributed by atoms with van der Waals surface area (Å²) in [5.41, 5.74) is 1.26. The van der Waals surface area contributed by atoms with Crippen molar-refractivity contribution in [3.8, 4) is 5.75 Å². The molecule has 1 N–H and O–H groups in total. The molecule has 0 radical (unpaired) electrons. The van der Waals surface area contributed by atoms with Gasteiger partial charge in [-0.15, -0.1) is 0 Å². The van der Waals surface area contributed by atoms with Crippen molar-refractivity contribution < 1.29 is 4.74 Å². The molecule has 0 saturated carbocycles. The van der Waals surface area contributed by atoms with Crippen LogP contribution in [0.5, 0.6) is 5.75 Å². The Kier molecular flexibility index (Phi) is 5.87. The van der Waals surface area contributed by atoms with Gasteiger partial charge in [0.1, 0.15) is 5.75 Å². The fourth-order valence-corrected chi connectivity index (χ4v) is 3.30. The second kappa shape index (κ2) is 7.43. The summed E-state index contributed by atoms with van der Waals surface area (Å²) in [7, 11) is 1.75. The van der Waals surface area contributed by atoms with Crippen LogP contribution >= 0.6 is 15.9 Å². The minimum absolute atomic E-state index is 0.609. The lowest BCUT2D eigenvalue weighted by Crippen LogP contribution is -2.53. The zero-order valence-electron chi connectivity index (χ0n) is 12.7. The van der Waals surface area contributed by atoms with Gasteiger partial charge in [0.05, 0.1) is 7.11 Å². The van der Waals surface area contributed by atoms with Crippen molar-refractivity contribution in [2.45, 2.75) is 32.9 Å². The normalized spacial score (nSPS) is 21.7. The number of methoxy groups -OCH3 is 1. The highest BCUT2D eigenvalue weighted by Crippen LogP contribution is 2.26. The zero-order valence-corrected chi connectivity index (χ0v) is 14.2. The van der Waals surface area contributed by atoms with E-state index in [0.717, 1.165) is 36.4 Å². The minimum atomic E-state index is 0.609. The molecule has 20 heavy (non-hydrogen) atoms. The lowest BCUT2D eigenvalue weighted by Gasteiger charge is -2.39. The molecule has 0 spiro atoms. The Balaban J connectivity index is 2.16. The molecule has 1 heterocycles. The molecule has 2 atom stereocenters. The molecule has 2 rings (SSSR count). The molecule has 112 valence electrons. The van der Waals surface area contributed by atoms with Crippen LogP contribution in [-0.2, 0) is 6.54 Å². The number of benzene rings is 1. The fraction of sp³-hybridized carbons (Fsp3) is 0.625. The molecule has 0 aromatic heterocycles. The molecule has 0 aliphatic carbocycles. The molecule has 1 fully saturated rings. The maximum Gasteiger partial charge on any atom is 0.123 e. The summed E-state index contributed by atoms with van der Waals surface area (Å²) in [6.07, 6.45) is 1.22. The van der Waals surface area contributed by atoms with Crippen molar-refractivity contribution in [3.63, 3.8) is 0 Å². The Morgan fingerprint density at radius 1 is 1.50 bits per heavy atom. The number of halogens is 1. The highest BCUT2D eigenvalue weighted by Gasteiger charge is 2.26. The van der Waals surface area contributed by atoms with Gasteiger partial charge in [-0.3, -0.25) is 4.90 Å². The van der Waals surface area contributed by atoms with Crippen molar-refractivity contribution in [2.75, 3.05) is 26.7 Å². The summed E-state index contributed by atoms with van der Waals surface area (Å²) >= 11 is 3.56. The molecule has 1 saturated heterocycles. The van der Waals surface area contributed by atoms with Crippen LogP contribution in [0.25, 0.3) is 0 Å². The predicted molar refractivity (Wildman–Crippen MR) is 87.2 cm³/mol. The number of nitrogens with zero attached hydrogens (tertiary/aromatic N) is 1.